The fraction of sp³-hybridized carbons (Fsp3) is 0.714. The van der Waals surface area contributed by atoms with E-state index >= 15 is 0 Å². The summed E-state index contributed by atoms with van der Waals surface area (Å²) < 4.78 is 0. The first kappa shape index (κ1) is 13.3. The Morgan fingerprint density at radius 3 is 2.56 bits per heavy atom. The van der Waals surface area contributed by atoms with E-state index in [2.05, 4.69) is 15.3 Å². The highest BCUT2D eigenvalue weighted by molar-refractivity contribution is 5.33. The lowest BCUT2D eigenvalue weighted by Gasteiger charge is -2.35. The summed E-state index contributed by atoms with van der Waals surface area (Å²) in [5.41, 5.74) is 1.97. The molecule has 1 saturated carbocycles. The van der Waals surface area contributed by atoms with E-state index in [9.17, 15) is 5.11 Å². The molecule has 0 atom stereocenters. The summed E-state index contributed by atoms with van der Waals surface area (Å²) in [4.78, 5) is 8.77. The van der Waals surface area contributed by atoms with Crippen molar-refractivity contribution in [3.8, 4) is 0 Å². The van der Waals surface area contributed by atoms with Gasteiger partial charge >= 0.3 is 0 Å². The molecular weight excluding hydrogens is 226 g/mol. The number of hydrogen-bond donors (Lipinski definition) is 2. The lowest BCUT2D eigenvalue weighted by atomic mass is 9.74. The molecule has 4 nitrogen and oxygen atoms in total. The fourth-order valence-electron chi connectivity index (χ4n) is 2.60. The standard InChI is InChI=1S/C14H23N3O/c1-11-12(2)17-13(8-15-11)16-9-14(10-18)6-4-3-5-7-14/h8,18H,3-7,9-10H2,1-2H3,(H,16,17). The largest absolute Gasteiger partial charge is 0.396 e. The van der Waals surface area contributed by atoms with Crippen LogP contribution in [0, 0.1) is 19.3 Å². The number of aliphatic hydroxyl groups excluding tert-OH is 1. The molecule has 0 spiro atoms. The molecule has 0 radical (unpaired) electrons. The van der Waals surface area contributed by atoms with Gasteiger partial charge in [0.15, 0.2) is 0 Å². The lowest BCUT2D eigenvalue weighted by molar-refractivity contribution is 0.0943. The van der Waals surface area contributed by atoms with Crippen molar-refractivity contribution in [2.75, 3.05) is 18.5 Å². The van der Waals surface area contributed by atoms with Gasteiger partial charge in [-0.1, -0.05) is 19.3 Å². The molecule has 1 heterocycles. The molecule has 2 N–H and O–H groups in total. The smallest absolute Gasteiger partial charge is 0.144 e. The van der Waals surface area contributed by atoms with Gasteiger partial charge in [0.1, 0.15) is 5.82 Å². The maximum Gasteiger partial charge on any atom is 0.144 e. The molecular formula is C14H23N3O. The van der Waals surface area contributed by atoms with Gasteiger partial charge in [-0.2, -0.15) is 0 Å². The first-order chi connectivity index (χ1) is 8.65. The molecule has 4 heteroatoms. The average molecular weight is 249 g/mol. The zero-order valence-electron chi connectivity index (χ0n) is 11.4. The van der Waals surface area contributed by atoms with Crippen molar-refractivity contribution in [2.24, 2.45) is 5.41 Å². The molecule has 0 amide bonds. The summed E-state index contributed by atoms with van der Waals surface area (Å²) in [5, 5.41) is 13.0. The van der Waals surface area contributed by atoms with E-state index in [0.717, 1.165) is 36.6 Å². The van der Waals surface area contributed by atoms with Crippen LogP contribution in [0.2, 0.25) is 0 Å². The third-order valence-corrected chi connectivity index (χ3v) is 4.09. The topological polar surface area (TPSA) is 58.0 Å². The minimum Gasteiger partial charge on any atom is -0.396 e. The molecule has 0 bridgehead atoms. The van der Waals surface area contributed by atoms with Crippen molar-refractivity contribution in [3.63, 3.8) is 0 Å². The minimum atomic E-state index is 0.0404. The van der Waals surface area contributed by atoms with Crippen LogP contribution >= 0.6 is 0 Å². The fourth-order valence-corrected chi connectivity index (χ4v) is 2.60. The van der Waals surface area contributed by atoms with E-state index in [1.54, 1.807) is 6.20 Å². The molecule has 1 aliphatic carbocycles. The summed E-state index contributed by atoms with van der Waals surface area (Å²) in [6, 6.07) is 0. The van der Waals surface area contributed by atoms with Crippen molar-refractivity contribution in [1.29, 1.82) is 0 Å². The maximum absolute atomic E-state index is 9.64. The van der Waals surface area contributed by atoms with Gasteiger partial charge < -0.3 is 10.4 Å². The zero-order valence-corrected chi connectivity index (χ0v) is 11.4. The van der Waals surface area contributed by atoms with E-state index in [1.807, 2.05) is 13.8 Å². The Kier molecular flexibility index (Phi) is 4.17. The number of hydrogen-bond acceptors (Lipinski definition) is 4. The lowest BCUT2D eigenvalue weighted by Crippen LogP contribution is -2.35. The van der Waals surface area contributed by atoms with Gasteiger partial charge in [-0.15, -0.1) is 0 Å². The Hall–Kier alpha value is -1.16. The van der Waals surface area contributed by atoms with Crippen molar-refractivity contribution < 1.29 is 5.11 Å². The quantitative estimate of drug-likeness (QED) is 0.860. The number of nitrogens with zero attached hydrogens (tertiary/aromatic N) is 2. The zero-order chi connectivity index (χ0) is 13.0. The van der Waals surface area contributed by atoms with Gasteiger partial charge in [0.05, 0.1) is 24.2 Å². The van der Waals surface area contributed by atoms with Crippen LogP contribution < -0.4 is 5.32 Å². The Morgan fingerprint density at radius 2 is 1.94 bits per heavy atom. The van der Waals surface area contributed by atoms with Crippen LogP contribution in [0.1, 0.15) is 43.5 Å². The number of aliphatic hydroxyl groups is 1. The second-order valence-corrected chi connectivity index (χ2v) is 5.50. The molecule has 2 rings (SSSR count). The first-order valence-corrected chi connectivity index (χ1v) is 6.80. The number of anilines is 1. The molecule has 1 aliphatic rings. The van der Waals surface area contributed by atoms with Crippen LogP contribution in [0.5, 0.6) is 0 Å². The number of nitrogens with one attached hydrogen (secondary N) is 1. The van der Waals surface area contributed by atoms with Gasteiger partial charge in [0, 0.05) is 12.0 Å². The van der Waals surface area contributed by atoms with E-state index in [0.29, 0.717) is 0 Å². The molecule has 0 unspecified atom stereocenters. The van der Waals surface area contributed by atoms with Crippen molar-refractivity contribution in [1.82, 2.24) is 9.97 Å². The number of rotatable bonds is 4. The highest BCUT2D eigenvalue weighted by atomic mass is 16.3. The van der Waals surface area contributed by atoms with Crippen LogP contribution in [-0.4, -0.2) is 28.2 Å². The Bertz CT molecular complexity index is 400. The Labute approximate surface area is 109 Å². The van der Waals surface area contributed by atoms with Crippen LogP contribution in [-0.2, 0) is 0 Å². The first-order valence-electron chi connectivity index (χ1n) is 6.80. The maximum atomic E-state index is 9.64. The normalized spacial score (nSPS) is 18.6. The predicted molar refractivity (Wildman–Crippen MR) is 72.6 cm³/mol. The molecule has 1 aromatic heterocycles. The highest BCUT2D eigenvalue weighted by Gasteiger charge is 2.31. The highest BCUT2D eigenvalue weighted by Crippen LogP contribution is 2.35. The molecule has 0 aromatic carbocycles. The number of aromatic nitrogens is 2. The van der Waals surface area contributed by atoms with E-state index in [1.165, 1.54) is 19.3 Å². The molecule has 0 saturated heterocycles. The molecule has 1 fully saturated rings. The van der Waals surface area contributed by atoms with Gasteiger partial charge in [0.25, 0.3) is 0 Å². The summed E-state index contributed by atoms with van der Waals surface area (Å²) >= 11 is 0. The molecule has 1 aromatic rings. The molecule has 100 valence electrons. The van der Waals surface area contributed by atoms with Gasteiger partial charge in [-0.05, 0) is 26.7 Å². The molecule has 0 aliphatic heterocycles. The van der Waals surface area contributed by atoms with Gasteiger partial charge in [-0.25, -0.2) is 4.98 Å². The van der Waals surface area contributed by atoms with Crippen molar-refractivity contribution >= 4 is 5.82 Å². The van der Waals surface area contributed by atoms with E-state index < -0.39 is 0 Å². The second-order valence-electron chi connectivity index (χ2n) is 5.50. The van der Waals surface area contributed by atoms with E-state index in [-0.39, 0.29) is 12.0 Å². The van der Waals surface area contributed by atoms with Crippen LogP contribution in [0.3, 0.4) is 0 Å². The van der Waals surface area contributed by atoms with Crippen LogP contribution in [0.15, 0.2) is 6.20 Å². The van der Waals surface area contributed by atoms with Crippen LogP contribution in [0.25, 0.3) is 0 Å². The summed E-state index contributed by atoms with van der Waals surface area (Å²) in [5.74, 6) is 0.816. The SMILES string of the molecule is Cc1ncc(NCC2(CO)CCCCC2)nc1C. The van der Waals surface area contributed by atoms with Crippen molar-refractivity contribution in [2.45, 2.75) is 46.0 Å². The Morgan fingerprint density at radius 1 is 1.22 bits per heavy atom. The second kappa shape index (κ2) is 5.65. The minimum absolute atomic E-state index is 0.0404. The van der Waals surface area contributed by atoms with Gasteiger partial charge in [0.2, 0.25) is 0 Å². The predicted octanol–water partition coefficient (Wildman–Crippen LogP) is 2.45. The third-order valence-electron chi connectivity index (χ3n) is 4.09. The number of aryl methyl sites for hydroxylation is 2. The third kappa shape index (κ3) is 2.99. The summed E-state index contributed by atoms with van der Waals surface area (Å²) in [7, 11) is 0. The average Bonchev–Trinajstić information content (AvgIpc) is 2.41. The summed E-state index contributed by atoms with van der Waals surface area (Å²) in [6.45, 7) is 4.98. The van der Waals surface area contributed by atoms with Gasteiger partial charge in [-0.3, -0.25) is 4.98 Å². The van der Waals surface area contributed by atoms with Crippen LogP contribution in [0.4, 0.5) is 5.82 Å². The van der Waals surface area contributed by atoms with Crippen molar-refractivity contribution in [3.05, 3.63) is 17.6 Å². The summed E-state index contributed by atoms with van der Waals surface area (Å²) in [6.07, 6.45) is 7.73. The monoisotopic (exact) mass is 249 g/mol. The molecule has 18 heavy (non-hydrogen) atoms. The van der Waals surface area contributed by atoms with E-state index in [4.69, 9.17) is 0 Å². The Balaban J connectivity index is 1.98.